The van der Waals surface area contributed by atoms with Crippen LogP contribution in [0.3, 0.4) is 0 Å². The summed E-state index contributed by atoms with van der Waals surface area (Å²) in [5, 5.41) is 8.96. The third-order valence-corrected chi connectivity index (χ3v) is 2.83. The maximum atomic E-state index is 12.5. The molecular weight excluding hydrogens is 307 g/mol. The number of hydrogen-bond acceptors (Lipinski definition) is 1. The van der Waals surface area contributed by atoms with E-state index in [-0.39, 0.29) is 6.08 Å². The lowest BCUT2D eigenvalue weighted by atomic mass is 9.71. The molecule has 0 aliphatic heterocycles. The monoisotopic (exact) mass is 318 g/mol. The Morgan fingerprint density at radius 2 is 1.15 bits per heavy atom. The standard InChI is InChI=1S/C8H5F9O.C2H6/c9-6(10,11)4(7(12,13)14)2-1-3-5(4,18)8(15,16)17;1-2/h1,3,18H,2H2;1-2H3. The van der Waals surface area contributed by atoms with Crippen LogP contribution in [0.25, 0.3) is 0 Å². The molecule has 0 amide bonds. The SMILES string of the molecule is CC.OC1(C(F)(F)F)C=CCC1(C(F)(F)F)C(F)(F)F. The Bertz CT molecular complexity index is 348. The van der Waals surface area contributed by atoms with E-state index in [1.807, 2.05) is 13.8 Å². The van der Waals surface area contributed by atoms with Crippen LogP contribution in [0.5, 0.6) is 0 Å². The third kappa shape index (κ3) is 2.38. The molecule has 0 saturated heterocycles. The fourth-order valence-electron chi connectivity index (χ4n) is 1.86. The predicted octanol–water partition coefficient (Wildman–Crippen LogP) is 4.38. The number of allylic oxidation sites excluding steroid dienone is 1. The van der Waals surface area contributed by atoms with Crippen molar-refractivity contribution in [2.75, 3.05) is 0 Å². The zero-order chi connectivity index (χ0) is 16.6. The van der Waals surface area contributed by atoms with Crippen LogP contribution < -0.4 is 0 Å². The van der Waals surface area contributed by atoms with Crippen molar-refractivity contribution in [3.05, 3.63) is 12.2 Å². The van der Waals surface area contributed by atoms with Crippen LogP contribution in [0.4, 0.5) is 39.5 Å². The number of halogens is 9. The highest BCUT2D eigenvalue weighted by molar-refractivity contribution is 5.27. The zero-order valence-corrected chi connectivity index (χ0v) is 10.2. The van der Waals surface area contributed by atoms with Gasteiger partial charge in [0.25, 0.3) is 0 Å². The summed E-state index contributed by atoms with van der Waals surface area (Å²) in [4.78, 5) is 0. The molecule has 0 aromatic carbocycles. The molecule has 1 unspecified atom stereocenters. The van der Waals surface area contributed by atoms with Crippen LogP contribution in [0.1, 0.15) is 20.3 Å². The Kier molecular flexibility index (Phi) is 4.88. The molecule has 0 aromatic heterocycles. The van der Waals surface area contributed by atoms with Gasteiger partial charge in [0.15, 0.2) is 0 Å². The zero-order valence-electron chi connectivity index (χ0n) is 10.2. The Morgan fingerprint density at radius 3 is 1.35 bits per heavy atom. The summed E-state index contributed by atoms with van der Waals surface area (Å²) in [6.07, 6.45) is -21.2. The summed E-state index contributed by atoms with van der Waals surface area (Å²) in [6.45, 7) is 4.00. The summed E-state index contributed by atoms with van der Waals surface area (Å²) in [5.74, 6) is 0. The molecule has 1 rings (SSSR count). The molecule has 0 aromatic rings. The topological polar surface area (TPSA) is 20.2 Å². The minimum absolute atomic E-state index is 0.0223. The molecule has 0 bridgehead atoms. The first kappa shape index (κ1) is 19.1. The first-order valence-corrected chi connectivity index (χ1v) is 5.31. The van der Waals surface area contributed by atoms with Crippen molar-refractivity contribution < 1.29 is 44.6 Å². The smallest absolute Gasteiger partial charge is 0.376 e. The van der Waals surface area contributed by atoms with Gasteiger partial charge in [-0.15, -0.1) is 0 Å². The predicted molar refractivity (Wildman–Crippen MR) is 50.7 cm³/mol. The van der Waals surface area contributed by atoms with Gasteiger partial charge in [0.1, 0.15) is 0 Å². The molecule has 1 atom stereocenters. The van der Waals surface area contributed by atoms with Crippen molar-refractivity contribution in [2.45, 2.75) is 44.4 Å². The largest absolute Gasteiger partial charge is 0.422 e. The van der Waals surface area contributed by atoms with E-state index in [1.54, 1.807) is 0 Å². The van der Waals surface area contributed by atoms with Gasteiger partial charge in [0, 0.05) is 0 Å². The van der Waals surface area contributed by atoms with Crippen molar-refractivity contribution in [3.8, 4) is 0 Å². The van der Waals surface area contributed by atoms with Gasteiger partial charge in [-0.3, -0.25) is 0 Å². The lowest BCUT2D eigenvalue weighted by Crippen LogP contribution is -2.67. The van der Waals surface area contributed by atoms with Crippen LogP contribution in [0.2, 0.25) is 0 Å². The molecule has 0 radical (unpaired) electrons. The average Bonchev–Trinajstić information content (AvgIpc) is 2.58. The molecule has 1 nitrogen and oxygen atoms in total. The highest BCUT2D eigenvalue weighted by Gasteiger charge is 2.85. The van der Waals surface area contributed by atoms with E-state index in [9.17, 15) is 39.5 Å². The molecular formula is C10H11F9O. The molecule has 120 valence electrons. The second-order valence-corrected chi connectivity index (χ2v) is 3.77. The molecule has 0 saturated carbocycles. The van der Waals surface area contributed by atoms with Crippen molar-refractivity contribution in [2.24, 2.45) is 5.41 Å². The van der Waals surface area contributed by atoms with Crippen molar-refractivity contribution in [3.63, 3.8) is 0 Å². The highest BCUT2D eigenvalue weighted by atomic mass is 19.4. The lowest BCUT2D eigenvalue weighted by molar-refractivity contribution is -0.416. The first-order valence-electron chi connectivity index (χ1n) is 5.31. The van der Waals surface area contributed by atoms with E-state index < -0.39 is 42.0 Å². The fraction of sp³-hybridized carbons (Fsp3) is 0.800. The Hall–Kier alpha value is -0.930. The minimum atomic E-state index is -6.31. The molecule has 1 aliphatic carbocycles. The molecule has 1 aliphatic rings. The highest BCUT2D eigenvalue weighted by Crippen LogP contribution is 2.65. The maximum Gasteiger partial charge on any atom is 0.422 e. The molecule has 0 fully saturated rings. The molecule has 1 N–H and O–H groups in total. The van der Waals surface area contributed by atoms with E-state index in [0.29, 0.717) is 0 Å². The van der Waals surface area contributed by atoms with Crippen LogP contribution in [-0.4, -0.2) is 29.2 Å². The molecule has 20 heavy (non-hydrogen) atoms. The summed E-state index contributed by atoms with van der Waals surface area (Å²) in [6, 6.07) is 0. The Morgan fingerprint density at radius 1 is 0.800 bits per heavy atom. The van der Waals surface area contributed by atoms with E-state index >= 15 is 0 Å². The summed E-state index contributed by atoms with van der Waals surface area (Å²) >= 11 is 0. The van der Waals surface area contributed by atoms with Crippen LogP contribution in [0.15, 0.2) is 12.2 Å². The van der Waals surface area contributed by atoms with Crippen molar-refractivity contribution in [1.29, 1.82) is 0 Å². The first-order chi connectivity index (χ1) is 8.71. The molecule has 10 heteroatoms. The van der Waals surface area contributed by atoms with Gasteiger partial charge >= 0.3 is 18.5 Å². The summed E-state index contributed by atoms with van der Waals surface area (Å²) in [5.41, 5.74) is -10.3. The van der Waals surface area contributed by atoms with Crippen LogP contribution in [-0.2, 0) is 0 Å². The summed E-state index contributed by atoms with van der Waals surface area (Å²) in [7, 11) is 0. The Labute approximate surface area is 108 Å². The minimum Gasteiger partial charge on any atom is -0.376 e. The van der Waals surface area contributed by atoms with Gasteiger partial charge in [0.05, 0.1) is 0 Å². The van der Waals surface area contributed by atoms with E-state index in [0.717, 1.165) is 0 Å². The van der Waals surface area contributed by atoms with Gasteiger partial charge in [-0.25, -0.2) is 0 Å². The van der Waals surface area contributed by atoms with Gasteiger partial charge in [-0.2, -0.15) is 39.5 Å². The van der Waals surface area contributed by atoms with E-state index in [2.05, 4.69) is 0 Å². The van der Waals surface area contributed by atoms with E-state index in [1.165, 1.54) is 0 Å². The fourth-order valence-corrected chi connectivity index (χ4v) is 1.86. The van der Waals surface area contributed by atoms with E-state index in [4.69, 9.17) is 5.11 Å². The second kappa shape index (κ2) is 5.12. The maximum absolute atomic E-state index is 12.5. The number of hydrogen-bond donors (Lipinski definition) is 1. The molecule has 0 spiro atoms. The van der Waals surface area contributed by atoms with Gasteiger partial charge < -0.3 is 5.11 Å². The van der Waals surface area contributed by atoms with Gasteiger partial charge in [-0.1, -0.05) is 19.9 Å². The van der Waals surface area contributed by atoms with Crippen LogP contribution in [0, 0.1) is 5.41 Å². The van der Waals surface area contributed by atoms with Crippen molar-refractivity contribution in [1.82, 2.24) is 0 Å². The van der Waals surface area contributed by atoms with Crippen LogP contribution >= 0.6 is 0 Å². The number of aliphatic hydroxyl groups is 1. The summed E-state index contributed by atoms with van der Waals surface area (Å²) < 4.78 is 112. The third-order valence-electron chi connectivity index (χ3n) is 2.83. The Balaban J connectivity index is 0.00000172. The van der Waals surface area contributed by atoms with Gasteiger partial charge in [0.2, 0.25) is 11.0 Å². The molecule has 0 heterocycles. The lowest BCUT2D eigenvalue weighted by Gasteiger charge is -2.44. The second-order valence-electron chi connectivity index (χ2n) is 3.77. The number of rotatable bonds is 0. The normalized spacial score (nSPS) is 26.2. The average molecular weight is 318 g/mol. The number of alkyl halides is 9. The van der Waals surface area contributed by atoms with Gasteiger partial charge in [-0.05, 0) is 12.5 Å². The van der Waals surface area contributed by atoms with Crippen molar-refractivity contribution >= 4 is 0 Å². The quantitative estimate of drug-likeness (QED) is 0.519.